The van der Waals surface area contributed by atoms with E-state index in [1.54, 1.807) is 0 Å². The summed E-state index contributed by atoms with van der Waals surface area (Å²) in [6, 6.07) is 7.93. The zero-order valence-electron chi connectivity index (χ0n) is 11.4. The Bertz CT molecular complexity index is 596. The van der Waals surface area contributed by atoms with E-state index in [1.807, 2.05) is 45.0 Å². The minimum atomic E-state index is -0.486. The Balaban J connectivity index is 2.47. The highest BCUT2D eigenvalue weighted by Gasteiger charge is 2.23. The predicted octanol–water partition coefficient (Wildman–Crippen LogP) is 4.06. The van der Waals surface area contributed by atoms with E-state index < -0.39 is 5.60 Å². The molecule has 3 nitrogen and oxygen atoms in total. The second-order valence-corrected chi connectivity index (χ2v) is 6.26. The van der Waals surface area contributed by atoms with E-state index >= 15 is 0 Å². The Morgan fingerprint density at radius 1 is 1.32 bits per heavy atom. The van der Waals surface area contributed by atoms with Gasteiger partial charge in [0.1, 0.15) is 11.3 Å². The fraction of sp³-hybridized carbons (Fsp3) is 0.400. The van der Waals surface area contributed by atoms with Crippen molar-refractivity contribution in [3.63, 3.8) is 0 Å². The normalized spacial score (nSPS) is 11.8. The van der Waals surface area contributed by atoms with E-state index in [0.717, 1.165) is 28.2 Å². The van der Waals surface area contributed by atoms with Gasteiger partial charge in [-0.15, -0.1) is 0 Å². The quantitative estimate of drug-likeness (QED) is 0.683. The Morgan fingerprint density at radius 3 is 2.63 bits per heavy atom. The lowest BCUT2D eigenvalue weighted by molar-refractivity contribution is 0.00628. The van der Waals surface area contributed by atoms with E-state index in [2.05, 4.69) is 20.9 Å². The Kier molecular flexibility index (Phi) is 3.99. The van der Waals surface area contributed by atoms with Gasteiger partial charge in [-0.3, -0.25) is 0 Å². The van der Waals surface area contributed by atoms with Crippen molar-refractivity contribution >= 4 is 32.8 Å². The lowest BCUT2D eigenvalue weighted by atomic mass is 10.1. The number of hydrogen-bond donors (Lipinski definition) is 1. The summed E-state index contributed by atoms with van der Waals surface area (Å²) in [5.41, 5.74) is 2.07. The van der Waals surface area contributed by atoms with Crippen LogP contribution in [-0.2, 0) is 11.2 Å². The monoisotopic (exact) mass is 323 g/mol. The molecule has 0 amide bonds. The van der Waals surface area contributed by atoms with Crippen molar-refractivity contribution in [3.8, 4) is 0 Å². The van der Waals surface area contributed by atoms with Crippen LogP contribution in [0.15, 0.2) is 24.3 Å². The summed E-state index contributed by atoms with van der Waals surface area (Å²) in [4.78, 5) is 15.4. The van der Waals surface area contributed by atoms with Crippen molar-refractivity contribution in [2.75, 3.05) is 5.33 Å². The molecule has 0 spiro atoms. The third-order valence-corrected chi connectivity index (χ3v) is 3.16. The lowest BCUT2D eigenvalue weighted by Gasteiger charge is -2.19. The van der Waals surface area contributed by atoms with Crippen LogP contribution >= 0.6 is 15.9 Å². The first kappa shape index (κ1) is 14.1. The molecule has 0 saturated carbocycles. The molecule has 2 rings (SSSR count). The topological polar surface area (TPSA) is 42.1 Å². The third-order valence-electron chi connectivity index (χ3n) is 2.76. The van der Waals surface area contributed by atoms with E-state index in [0.29, 0.717) is 5.69 Å². The molecule has 1 heterocycles. The summed E-state index contributed by atoms with van der Waals surface area (Å²) in [6.45, 7) is 5.62. The molecule has 2 aromatic rings. The van der Waals surface area contributed by atoms with E-state index in [1.165, 1.54) is 0 Å². The van der Waals surface area contributed by atoms with Gasteiger partial charge in [0.15, 0.2) is 0 Å². The van der Waals surface area contributed by atoms with Crippen molar-refractivity contribution in [1.82, 2.24) is 4.98 Å². The number of esters is 1. The summed E-state index contributed by atoms with van der Waals surface area (Å²) >= 11 is 3.44. The van der Waals surface area contributed by atoms with Gasteiger partial charge in [-0.1, -0.05) is 34.1 Å². The SMILES string of the molecule is CC(C)(C)OC(=O)c1[nH]c2ccccc2c1CCBr. The average Bonchev–Trinajstić information content (AvgIpc) is 2.67. The summed E-state index contributed by atoms with van der Waals surface area (Å²) in [5.74, 6) is -0.292. The first-order valence-electron chi connectivity index (χ1n) is 6.31. The molecular weight excluding hydrogens is 306 g/mol. The van der Waals surface area contributed by atoms with Gasteiger partial charge in [0.05, 0.1) is 0 Å². The summed E-state index contributed by atoms with van der Waals surface area (Å²) in [5, 5.41) is 1.90. The number of alkyl halides is 1. The summed E-state index contributed by atoms with van der Waals surface area (Å²) in [6.07, 6.45) is 0.790. The van der Waals surface area contributed by atoms with Crippen LogP contribution in [0.25, 0.3) is 10.9 Å². The van der Waals surface area contributed by atoms with Crippen LogP contribution in [0, 0.1) is 0 Å². The zero-order valence-corrected chi connectivity index (χ0v) is 13.0. The van der Waals surface area contributed by atoms with Gasteiger partial charge in [-0.05, 0) is 38.8 Å². The van der Waals surface area contributed by atoms with Gasteiger partial charge in [0.25, 0.3) is 0 Å². The molecule has 0 aliphatic heterocycles. The maximum Gasteiger partial charge on any atom is 0.355 e. The highest BCUT2D eigenvalue weighted by atomic mass is 79.9. The number of carbonyl (C=O) groups is 1. The van der Waals surface area contributed by atoms with Gasteiger partial charge in [0.2, 0.25) is 0 Å². The zero-order chi connectivity index (χ0) is 14.0. The van der Waals surface area contributed by atoms with Crippen molar-refractivity contribution in [2.24, 2.45) is 0 Å². The standard InChI is InChI=1S/C15H18BrNO2/c1-15(2,3)19-14(18)13-11(8-9-16)10-6-4-5-7-12(10)17-13/h4-7,17H,8-9H2,1-3H3. The van der Waals surface area contributed by atoms with Crippen molar-refractivity contribution in [2.45, 2.75) is 32.8 Å². The van der Waals surface area contributed by atoms with Gasteiger partial charge < -0.3 is 9.72 Å². The maximum atomic E-state index is 12.3. The number of ether oxygens (including phenoxy) is 1. The fourth-order valence-electron chi connectivity index (χ4n) is 2.06. The Morgan fingerprint density at radius 2 is 2.00 bits per heavy atom. The Hall–Kier alpha value is -1.29. The molecule has 0 radical (unpaired) electrons. The average molecular weight is 324 g/mol. The van der Waals surface area contributed by atoms with E-state index in [4.69, 9.17) is 4.74 Å². The number of rotatable bonds is 3. The minimum absolute atomic E-state index is 0.292. The number of carbonyl (C=O) groups excluding carboxylic acids is 1. The van der Waals surface area contributed by atoms with Crippen LogP contribution in [0.5, 0.6) is 0 Å². The number of aryl methyl sites for hydroxylation is 1. The summed E-state index contributed by atoms with van der Waals surface area (Å²) < 4.78 is 5.45. The van der Waals surface area contributed by atoms with E-state index in [9.17, 15) is 4.79 Å². The number of benzene rings is 1. The molecule has 0 unspecified atom stereocenters. The lowest BCUT2D eigenvalue weighted by Crippen LogP contribution is -2.24. The van der Waals surface area contributed by atoms with Crippen LogP contribution in [-0.4, -0.2) is 21.9 Å². The number of para-hydroxylation sites is 1. The van der Waals surface area contributed by atoms with Gasteiger partial charge in [-0.2, -0.15) is 0 Å². The maximum absolute atomic E-state index is 12.3. The van der Waals surface area contributed by atoms with Crippen LogP contribution in [0.3, 0.4) is 0 Å². The molecule has 0 aliphatic carbocycles. The van der Waals surface area contributed by atoms with Gasteiger partial charge in [0, 0.05) is 16.2 Å². The number of hydrogen-bond acceptors (Lipinski definition) is 2. The molecule has 4 heteroatoms. The van der Waals surface area contributed by atoms with Gasteiger partial charge in [-0.25, -0.2) is 4.79 Å². The van der Waals surface area contributed by atoms with Crippen LogP contribution in [0.1, 0.15) is 36.8 Å². The molecule has 102 valence electrons. The van der Waals surface area contributed by atoms with Gasteiger partial charge >= 0.3 is 5.97 Å². The van der Waals surface area contributed by atoms with Crippen molar-refractivity contribution < 1.29 is 9.53 Å². The van der Waals surface area contributed by atoms with Crippen molar-refractivity contribution in [3.05, 3.63) is 35.5 Å². The molecule has 1 aromatic heterocycles. The molecule has 0 bridgehead atoms. The van der Waals surface area contributed by atoms with Crippen molar-refractivity contribution in [1.29, 1.82) is 0 Å². The second-order valence-electron chi connectivity index (χ2n) is 5.47. The molecular formula is C15H18BrNO2. The third kappa shape index (κ3) is 3.18. The fourth-order valence-corrected chi connectivity index (χ4v) is 2.45. The molecule has 0 atom stereocenters. The number of H-pyrrole nitrogens is 1. The predicted molar refractivity (Wildman–Crippen MR) is 81.0 cm³/mol. The van der Waals surface area contributed by atoms with Crippen LogP contribution in [0.2, 0.25) is 0 Å². The first-order valence-corrected chi connectivity index (χ1v) is 7.43. The second kappa shape index (κ2) is 5.37. The summed E-state index contributed by atoms with van der Waals surface area (Å²) in [7, 11) is 0. The Labute approximate surface area is 121 Å². The smallest absolute Gasteiger partial charge is 0.355 e. The largest absolute Gasteiger partial charge is 0.455 e. The number of nitrogens with one attached hydrogen (secondary N) is 1. The molecule has 1 aromatic carbocycles. The minimum Gasteiger partial charge on any atom is -0.455 e. The number of halogens is 1. The van der Waals surface area contributed by atoms with Crippen LogP contribution in [0.4, 0.5) is 0 Å². The highest BCUT2D eigenvalue weighted by molar-refractivity contribution is 9.09. The highest BCUT2D eigenvalue weighted by Crippen LogP contribution is 2.25. The molecule has 0 aliphatic rings. The molecule has 0 fully saturated rings. The number of aromatic nitrogens is 1. The molecule has 19 heavy (non-hydrogen) atoms. The van der Waals surface area contributed by atoms with E-state index in [-0.39, 0.29) is 5.97 Å². The number of fused-ring (bicyclic) bond motifs is 1. The molecule has 1 N–H and O–H groups in total. The first-order chi connectivity index (χ1) is 8.92. The molecule has 0 saturated heterocycles. The van der Waals surface area contributed by atoms with Crippen LogP contribution < -0.4 is 0 Å². The number of aromatic amines is 1.